The molecule has 2 fully saturated rings. The number of hydrogen-bond acceptors (Lipinski definition) is 5. The molecule has 7 nitrogen and oxygen atoms in total. The van der Waals surface area contributed by atoms with Gasteiger partial charge in [0.2, 0.25) is 0 Å². The number of aromatic nitrogens is 1. The summed E-state index contributed by atoms with van der Waals surface area (Å²) in [7, 11) is 1.80. The van der Waals surface area contributed by atoms with E-state index in [1.165, 1.54) is 0 Å². The van der Waals surface area contributed by atoms with Crippen molar-refractivity contribution in [3.63, 3.8) is 0 Å². The molecule has 0 bridgehead atoms. The fourth-order valence-electron chi connectivity index (χ4n) is 3.09. The first-order valence-electron chi connectivity index (χ1n) is 8.43. The van der Waals surface area contributed by atoms with Crippen molar-refractivity contribution in [3.05, 3.63) is 17.5 Å². The lowest BCUT2D eigenvalue weighted by Gasteiger charge is -2.37. The molecule has 2 aliphatic rings. The van der Waals surface area contributed by atoms with Gasteiger partial charge in [0.15, 0.2) is 11.7 Å². The van der Waals surface area contributed by atoms with Crippen molar-refractivity contribution < 1.29 is 14.0 Å². The summed E-state index contributed by atoms with van der Waals surface area (Å²) in [6.07, 6.45) is 3.44. The highest BCUT2D eigenvalue weighted by Gasteiger charge is 2.32. The van der Waals surface area contributed by atoms with Gasteiger partial charge >= 0.3 is 0 Å². The molecule has 7 heteroatoms. The van der Waals surface area contributed by atoms with Crippen molar-refractivity contribution in [2.24, 2.45) is 4.99 Å². The molecule has 0 amide bonds. The lowest BCUT2D eigenvalue weighted by Crippen LogP contribution is -2.53. The summed E-state index contributed by atoms with van der Waals surface area (Å²) in [4.78, 5) is 6.62. The molecule has 2 aliphatic heterocycles. The van der Waals surface area contributed by atoms with Gasteiger partial charge in [0.1, 0.15) is 6.10 Å². The maximum absolute atomic E-state index is 5.89. The van der Waals surface area contributed by atoms with E-state index < -0.39 is 0 Å². The average molecular weight is 322 g/mol. The van der Waals surface area contributed by atoms with Crippen molar-refractivity contribution in [2.75, 3.05) is 33.4 Å². The van der Waals surface area contributed by atoms with Crippen LogP contribution in [-0.4, -0.2) is 61.6 Å². The van der Waals surface area contributed by atoms with Gasteiger partial charge in [-0.1, -0.05) is 12.1 Å². The molecule has 2 saturated heterocycles. The van der Waals surface area contributed by atoms with Crippen LogP contribution in [0.3, 0.4) is 0 Å². The number of hydrogen-bond donors (Lipinski definition) is 1. The molecule has 1 aromatic rings. The smallest absolute Gasteiger partial charge is 0.194 e. The van der Waals surface area contributed by atoms with Crippen molar-refractivity contribution in [3.8, 4) is 0 Å². The molecule has 128 valence electrons. The first-order valence-corrected chi connectivity index (χ1v) is 8.43. The van der Waals surface area contributed by atoms with Crippen LogP contribution in [0.15, 0.2) is 15.6 Å². The first kappa shape index (κ1) is 16.3. The molecule has 3 heterocycles. The summed E-state index contributed by atoms with van der Waals surface area (Å²) in [6.45, 7) is 5.84. The minimum atomic E-state index is 0.127. The number of nitrogens with zero attached hydrogens (tertiary/aromatic N) is 3. The topological polar surface area (TPSA) is 72.1 Å². The summed E-state index contributed by atoms with van der Waals surface area (Å²) in [5.41, 5.74) is 0.974. The maximum atomic E-state index is 5.89. The summed E-state index contributed by atoms with van der Waals surface area (Å²) in [6, 6.07) is 1.98. The number of guanidine groups is 1. The molecule has 1 N–H and O–H groups in total. The summed E-state index contributed by atoms with van der Waals surface area (Å²) in [5, 5.41) is 7.36. The molecule has 0 aliphatic carbocycles. The van der Waals surface area contributed by atoms with Crippen molar-refractivity contribution in [1.82, 2.24) is 15.4 Å². The van der Waals surface area contributed by atoms with Gasteiger partial charge in [-0.05, 0) is 19.3 Å². The maximum Gasteiger partial charge on any atom is 0.194 e. The molecule has 1 aromatic heterocycles. The fourth-order valence-corrected chi connectivity index (χ4v) is 3.09. The van der Waals surface area contributed by atoms with E-state index in [2.05, 4.69) is 27.3 Å². The number of morpholine rings is 1. The zero-order chi connectivity index (χ0) is 16.1. The predicted octanol–water partition coefficient (Wildman–Crippen LogP) is 1.19. The van der Waals surface area contributed by atoms with E-state index in [-0.39, 0.29) is 12.2 Å². The Bertz CT molecular complexity index is 525. The highest BCUT2D eigenvalue weighted by molar-refractivity contribution is 5.79. The fraction of sp³-hybridized carbons (Fsp3) is 0.750. The predicted molar refractivity (Wildman–Crippen MR) is 86.4 cm³/mol. The Morgan fingerprint density at radius 1 is 1.39 bits per heavy atom. The third kappa shape index (κ3) is 4.03. The minimum absolute atomic E-state index is 0.127. The van der Waals surface area contributed by atoms with Gasteiger partial charge in [-0.25, -0.2) is 0 Å². The van der Waals surface area contributed by atoms with Crippen LogP contribution >= 0.6 is 0 Å². The number of aryl methyl sites for hydroxylation is 1. The molecule has 3 rings (SSSR count). The first-order chi connectivity index (χ1) is 11.3. The highest BCUT2D eigenvalue weighted by Crippen LogP contribution is 2.21. The second-order valence-corrected chi connectivity index (χ2v) is 5.95. The van der Waals surface area contributed by atoms with E-state index in [4.69, 9.17) is 14.0 Å². The largest absolute Gasteiger partial charge is 0.375 e. The van der Waals surface area contributed by atoms with E-state index in [1.807, 2.05) is 6.07 Å². The molecule has 23 heavy (non-hydrogen) atoms. The van der Waals surface area contributed by atoms with Crippen molar-refractivity contribution in [1.29, 1.82) is 0 Å². The second-order valence-electron chi connectivity index (χ2n) is 5.95. The molecule has 2 atom stereocenters. The Morgan fingerprint density at radius 3 is 2.96 bits per heavy atom. The van der Waals surface area contributed by atoms with E-state index in [9.17, 15) is 0 Å². The van der Waals surface area contributed by atoms with Crippen LogP contribution in [0.5, 0.6) is 0 Å². The molecule has 0 aromatic carbocycles. The second kappa shape index (κ2) is 7.79. The van der Waals surface area contributed by atoms with Crippen LogP contribution in [0.25, 0.3) is 0 Å². The number of ether oxygens (including phenoxy) is 2. The van der Waals surface area contributed by atoms with Crippen LogP contribution in [0.1, 0.15) is 31.2 Å². The van der Waals surface area contributed by atoms with Gasteiger partial charge in [0, 0.05) is 32.8 Å². The Hall–Kier alpha value is -1.60. The van der Waals surface area contributed by atoms with Gasteiger partial charge in [-0.15, -0.1) is 0 Å². The van der Waals surface area contributed by atoms with E-state index in [0.717, 1.165) is 56.4 Å². The van der Waals surface area contributed by atoms with Gasteiger partial charge in [-0.2, -0.15) is 0 Å². The number of nitrogens with one attached hydrogen (secondary N) is 1. The van der Waals surface area contributed by atoms with Crippen molar-refractivity contribution >= 4 is 5.96 Å². The third-order valence-corrected chi connectivity index (χ3v) is 4.38. The lowest BCUT2D eigenvalue weighted by atomic mass is 10.1. The quantitative estimate of drug-likeness (QED) is 0.663. The zero-order valence-electron chi connectivity index (χ0n) is 14.0. The zero-order valence-corrected chi connectivity index (χ0v) is 14.0. The SMILES string of the molecule is CCc1cc(CNC(=NC)N2CCOC(C3CCCO3)C2)on1. The molecular weight excluding hydrogens is 296 g/mol. The number of aliphatic imine (C=N–C) groups is 1. The molecular formula is C16H26N4O3. The Labute approximate surface area is 137 Å². The standard InChI is InChI=1S/C16H26N4O3/c1-3-12-9-13(23-19-12)10-18-16(17-2)20-6-8-22-15(11-20)14-5-4-7-21-14/h9,14-15H,3-8,10-11H2,1-2H3,(H,17,18). The van der Waals surface area contributed by atoms with E-state index in [1.54, 1.807) is 7.05 Å². The van der Waals surface area contributed by atoms with E-state index >= 15 is 0 Å². The lowest BCUT2D eigenvalue weighted by molar-refractivity contribution is -0.0817. The van der Waals surface area contributed by atoms with Gasteiger partial charge < -0.3 is 24.2 Å². The summed E-state index contributed by atoms with van der Waals surface area (Å²) >= 11 is 0. The molecule has 0 saturated carbocycles. The van der Waals surface area contributed by atoms with Crippen LogP contribution < -0.4 is 5.32 Å². The molecule has 2 unspecified atom stereocenters. The van der Waals surface area contributed by atoms with Crippen LogP contribution in [-0.2, 0) is 22.4 Å². The van der Waals surface area contributed by atoms with Gasteiger partial charge in [-0.3, -0.25) is 4.99 Å². The van der Waals surface area contributed by atoms with E-state index in [0.29, 0.717) is 13.2 Å². The average Bonchev–Trinajstić information content (AvgIpc) is 3.27. The van der Waals surface area contributed by atoms with Gasteiger partial charge in [0.05, 0.1) is 24.9 Å². The molecule has 0 radical (unpaired) electrons. The molecule has 0 spiro atoms. The normalized spacial score (nSPS) is 25.8. The van der Waals surface area contributed by atoms with Crippen LogP contribution in [0.2, 0.25) is 0 Å². The highest BCUT2D eigenvalue weighted by atomic mass is 16.5. The Kier molecular flexibility index (Phi) is 5.51. The van der Waals surface area contributed by atoms with Crippen LogP contribution in [0.4, 0.5) is 0 Å². The third-order valence-electron chi connectivity index (χ3n) is 4.38. The van der Waals surface area contributed by atoms with Gasteiger partial charge in [0.25, 0.3) is 0 Å². The van der Waals surface area contributed by atoms with Crippen molar-refractivity contribution in [2.45, 2.75) is 44.9 Å². The Morgan fingerprint density at radius 2 is 2.26 bits per heavy atom. The summed E-state index contributed by atoms with van der Waals surface area (Å²) in [5.74, 6) is 1.69. The minimum Gasteiger partial charge on any atom is -0.375 e. The number of rotatable bonds is 4. The summed E-state index contributed by atoms with van der Waals surface area (Å²) < 4.78 is 17.0. The Balaban J connectivity index is 1.54. The monoisotopic (exact) mass is 322 g/mol. The van der Waals surface area contributed by atoms with Crippen LogP contribution in [0, 0.1) is 0 Å².